The molecule has 1 aromatic carbocycles. The summed E-state index contributed by atoms with van der Waals surface area (Å²) < 4.78 is 5.93. The van der Waals surface area contributed by atoms with Crippen molar-refractivity contribution in [2.24, 2.45) is 17.8 Å². The Morgan fingerprint density at radius 1 is 1.32 bits per heavy atom. The third-order valence-corrected chi connectivity index (χ3v) is 5.03. The highest BCUT2D eigenvalue weighted by atomic mass is 16.5. The summed E-state index contributed by atoms with van der Waals surface area (Å²) in [6, 6.07) is 8.03. The summed E-state index contributed by atoms with van der Waals surface area (Å²) in [7, 11) is 2.16. The number of aliphatic hydroxyl groups is 1. The molecule has 122 valence electrons. The van der Waals surface area contributed by atoms with Crippen LogP contribution in [-0.2, 0) is 0 Å². The average molecular weight is 304 g/mol. The van der Waals surface area contributed by atoms with Gasteiger partial charge in [-0.25, -0.2) is 0 Å². The second-order valence-corrected chi connectivity index (χ2v) is 7.65. The first-order valence-electron chi connectivity index (χ1n) is 8.20. The van der Waals surface area contributed by atoms with Gasteiger partial charge in [0.05, 0.1) is 0 Å². The second-order valence-electron chi connectivity index (χ2n) is 7.65. The van der Waals surface area contributed by atoms with Gasteiger partial charge < -0.3 is 14.7 Å². The number of rotatable bonds is 6. The molecule has 4 nitrogen and oxygen atoms in total. The molecule has 1 saturated heterocycles. The monoisotopic (exact) mass is 304 g/mol. The molecular formula is C18H28N2O2. The lowest BCUT2D eigenvalue weighted by Gasteiger charge is -2.30. The number of hydrogen-bond acceptors (Lipinski definition) is 4. The summed E-state index contributed by atoms with van der Waals surface area (Å²) in [4.78, 5) is 2.35. The summed E-state index contributed by atoms with van der Waals surface area (Å²) in [6.07, 6.45) is -0.431. The average Bonchev–Trinajstić information content (AvgIpc) is 2.96. The molecule has 1 saturated carbocycles. The van der Waals surface area contributed by atoms with Crippen LogP contribution in [0.2, 0.25) is 0 Å². The first-order valence-corrected chi connectivity index (χ1v) is 8.20. The van der Waals surface area contributed by atoms with Crippen molar-refractivity contribution in [3.8, 4) is 5.75 Å². The molecule has 2 N–H and O–H groups in total. The Hall–Kier alpha value is -1.10. The van der Waals surface area contributed by atoms with Gasteiger partial charge >= 0.3 is 0 Å². The predicted octanol–water partition coefficient (Wildman–Crippen LogP) is 1.87. The van der Waals surface area contributed by atoms with Crippen LogP contribution in [0.15, 0.2) is 24.3 Å². The summed E-state index contributed by atoms with van der Waals surface area (Å²) in [5.74, 6) is 2.66. The fourth-order valence-electron chi connectivity index (χ4n) is 3.77. The molecule has 3 rings (SSSR count). The third kappa shape index (κ3) is 3.29. The fourth-order valence-corrected chi connectivity index (χ4v) is 3.77. The number of piperidine rings is 1. The van der Waals surface area contributed by atoms with E-state index >= 15 is 0 Å². The lowest BCUT2D eigenvalue weighted by molar-refractivity contribution is 0.0502. The van der Waals surface area contributed by atoms with E-state index in [0.717, 1.165) is 24.4 Å². The van der Waals surface area contributed by atoms with Crippen molar-refractivity contribution < 1.29 is 9.84 Å². The molecule has 0 amide bonds. The molecule has 0 radical (unpaired) electrons. The molecule has 2 unspecified atom stereocenters. The van der Waals surface area contributed by atoms with Crippen LogP contribution in [0, 0.1) is 24.7 Å². The Bertz CT molecular complexity index is 520. The van der Waals surface area contributed by atoms with Crippen LogP contribution in [0.3, 0.4) is 0 Å². The predicted molar refractivity (Wildman–Crippen MR) is 87.9 cm³/mol. The smallest absolute Gasteiger partial charge is 0.122 e. The van der Waals surface area contributed by atoms with Crippen molar-refractivity contribution in [1.29, 1.82) is 0 Å². The molecule has 4 heteroatoms. The maximum Gasteiger partial charge on any atom is 0.122 e. The highest BCUT2D eigenvalue weighted by molar-refractivity contribution is 5.31. The first kappa shape index (κ1) is 15.8. The van der Waals surface area contributed by atoms with Gasteiger partial charge in [-0.2, -0.15) is 0 Å². The zero-order valence-electron chi connectivity index (χ0n) is 14.0. The van der Waals surface area contributed by atoms with Crippen LogP contribution in [0.5, 0.6) is 5.75 Å². The number of fused-ring (bicyclic) bond motifs is 1. The van der Waals surface area contributed by atoms with Crippen molar-refractivity contribution in [3.05, 3.63) is 29.8 Å². The number of aliphatic hydroxyl groups excluding tert-OH is 1. The van der Waals surface area contributed by atoms with Gasteiger partial charge in [-0.15, -0.1) is 0 Å². The Morgan fingerprint density at radius 3 is 2.59 bits per heavy atom. The zero-order chi connectivity index (χ0) is 15.9. The van der Waals surface area contributed by atoms with Crippen LogP contribution in [0.25, 0.3) is 0 Å². The van der Waals surface area contributed by atoms with E-state index in [2.05, 4.69) is 31.1 Å². The number of nitrogens with one attached hydrogen (secondary N) is 1. The Kier molecular flexibility index (Phi) is 4.19. The van der Waals surface area contributed by atoms with E-state index in [4.69, 9.17) is 4.74 Å². The molecule has 1 aromatic rings. The summed E-state index contributed by atoms with van der Waals surface area (Å²) >= 11 is 0. The van der Waals surface area contributed by atoms with E-state index in [1.807, 2.05) is 31.2 Å². The maximum absolute atomic E-state index is 10.5. The van der Waals surface area contributed by atoms with Gasteiger partial charge in [-0.1, -0.05) is 18.2 Å². The van der Waals surface area contributed by atoms with Crippen LogP contribution in [0.1, 0.15) is 19.4 Å². The Labute approximate surface area is 133 Å². The zero-order valence-corrected chi connectivity index (χ0v) is 14.0. The number of likely N-dealkylation sites (tertiary alicyclic amines) is 1. The third-order valence-electron chi connectivity index (χ3n) is 5.03. The highest BCUT2D eigenvalue weighted by Gasteiger charge is 2.58. The van der Waals surface area contributed by atoms with E-state index in [9.17, 15) is 5.11 Å². The fraction of sp³-hybridized carbons (Fsp3) is 0.667. The standard InChI is InChI=1S/C18H28N2O2/c1-12-7-5-6-8-15(12)22-11-18(2,3)19-17(21)16-13-9-20(4)10-14(13)16/h5-8,13-14,16-17,19,21H,9-11H2,1-4H3/t13-,14+,16?,17?. The summed E-state index contributed by atoms with van der Waals surface area (Å²) in [5, 5.41) is 13.8. The minimum atomic E-state index is -0.431. The van der Waals surface area contributed by atoms with E-state index in [0.29, 0.717) is 24.4 Å². The second kappa shape index (κ2) is 5.84. The van der Waals surface area contributed by atoms with Gasteiger partial charge in [0.1, 0.15) is 18.6 Å². The number of benzene rings is 1. The van der Waals surface area contributed by atoms with Crippen LogP contribution in [0.4, 0.5) is 0 Å². The Morgan fingerprint density at radius 2 is 1.95 bits per heavy atom. The normalized spacial score (nSPS) is 29.2. The molecule has 22 heavy (non-hydrogen) atoms. The number of nitrogens with zero attached hydrogens (tertiary/aromatic N) is 1. The first-order chi connectivity index (χ1) is 10.4. The van der Waals surface area contributed by atoms with Crippen LogP contribution >= 0.6 is 0 Å². The summed E-state index contributed by atoms with van der Waals surface area (Å²) in [5.41, 5.74) is 0.878. The molecule has 0 bridgehead atoms. The molecule has 1 aliphatic heterocycles. The SMILES string of the molecule is Cc1ccccc1OCC(C)(C)NC(O)C1[C@H]2CN(C)C[C@@H]12. The van der Waals surface area contributed by atoms with Crippen molar-refractivity contribution >= 4 is 0 Å². The minimum absolute atomic E-state index is 0.259. The molecule has 1 heterocycles. The quantitative estimate of drug-likeness (QED) is 0.788. The Balaban J connectivity index is 1.50. The molecule has 4 atom stereocenters. The van der Waals surface area contributed by atoms with Gasteiger partial charge in [0.2, 0.25) is 0 Å². The van der Waals surface area contributed by atoms with E-state index in [-0.39, 0.29) is 5.54 Å². The molecule has 2 aliphatic rings. The number of para-hydroxylation sites is 1. The molecule has 2 fully saturated rings. The van der Waals surface area contributed by atoms with Crippen molar-refractivity contribution in [3.63, 3.8) is 0 Å². The summed E-state index contributed by atoms with van der Waals surface area (Å²) in [6.45, 7) is 8.99. The minimum Gasteiger partial charge on any atom is -0.491 e. The van der Waals surface area contributed by atoms with E-state index in [1.165, 1.54) is 0 Å². The van der Waals surface area contributed by atoms with Gasteiger partial charge in [-0.3, -0.25) is 5.32 Å². The van der Waals surface area contributed by atoms with Crippen LogP contribution in [-0.4, -0.2) is 48.5 Å². The highest BCUT2D eigenvalue weighted by Crippen LogP contribution is 2.52. The van der Waals surface area contributed by atoms with Crippen molar-refractivity contribution in [2.75, 3.05) is 26.7 Å². The van der Waals surface area contributed by atoms with E-state index < -0.39 is 6.23 Å². The largest absolute Gasteiger partial charge is 0.491 e. The van der Waals surface area contributed by atoms with E-state index in [1.54, 1.807) is 0 Å². The van der Waals surface area contributed by atoms with Gasteiger partial charge in [-0.05, 0) is 51.3 Å². The lowest BCUT2D eigenvalue weighted by Crippen LogP contribution is -2.51. The number of ether oxygens (including phenoxy) is 1. The topological polar surface area (TPSA) is 44.7 Å². The van der Waals surface area contributed by atoms with Crippen molar-refractivity contribution in [1.82, 2.24) is 10.2 Å². The molecule has 1 aliphatic carbocycles. The molecular weight excluding hydrogens is 276 g/mol. The number of aryl methyl sites for hydroxylation is 1. The van der Waals surface area contributed by atoms with Crippen LogP contribution < -0.4 is 10.1 Å². The molecule has 0 spiro atoms. The lowest BCUT2D eigenvalue weighted by atomic mass is 10.1. The van der Waals surface area contributed by atoms with Crippen molar-refractivity contribution in [2.45, 2.75) is 32.5 Å². The van der Waals surface area contributed by atoms with Gasteiger partial charge in [0.15, 0.2) is 0 Å². The maximum atomic E-state index is 10.5. The molecule has 0 aromatic heterocycles. The number of hydrogen-bond donors (Lipinski definition) is 2. The van der Waals surface area contributed by atoms with Gasteiger partial charge in [0, 0.05) is 24.5 Å². The van der Waals surface area contributed by atoms with Gasteiger partial charge in [0.25, 0.3) is 0 Å².